The van der Waals surface area contributed by atoms with Crippen molar-refractivity contribution >= 4 is 23.9 Å². The number of rotatable bonds is 5. The van der Waals surface area contributed by atoms with Crippen LogP contribution >= 0.6 is 12.3 Å². The molecule has 1 fully saturated rings. The first-order chi connectivity index (χ1) is 16.1. The Morgan fingerprint density at radius 3 is 2.52 bits per heavy atom. The van der Waals surface area contributed by atoms with E-state index in [-0.39, 0.29) is 24.1 Å². The summed E-state index contributed by atoms with van der Waals surface area (Å²) >= 11 is -0.189. The minimum atomic E-state index is -0.449. The van der Waals surface area contributed by atoms with E-state index in [1.165, 1.54) is 30.5 Å². The molecular weight excluding hydrogens is 446 g/mol. The van der Waals surface area contributed by atoms with Gasteiger partial charge in [-0.25, -0.2) is 9.37 Å². The van der Waals surface area contributed by atoms with Crippen molar-refractivity contribution in [2.24, 2.45) is 0 Å². The molecule has 1 aliphatic rings. The third kappa shape index (κ3) is 4.32. The highest BCUT2D eigenvalue weighted by atomic mass is 32.2. The van der Waals surface area contributed by atoms with Crippen molar-refractivity contribution in [1.29, 1.82) is 5.26 Å². The second-order valence-corrected chi connectivity index (χ2v) is 7.65. The highest BCUT2D eigenvalue weighted by Crippen LogP contribution is 2.37. The van der Waals surface area contributed by atoms with Gasteiger partial charge in [0.05, 0.1) is 6.20 Å². The Labute approximate surface area is 193 Å². The van der Waals surface area contributed by atoms with E-state index in [1.807, 2.05) is 13.8 Å². The van der Waals surface area contributed by atoms with Gasteiger partial charge >= 0.3 is 0 Å². The number of nitrogens with one attached hydrogen (secondary N) is 1. The van der Waals surface area contributed by atoms with Crippen LogP contribution in [0.4, 0.5) is 8.28 Å². The quantitative estimate of drug-likeness (QED) is 0.438. The van der Waals surface area contributed by atoms with Crippen LogP contribution in [0.3, 0.4) is 0 Å². The maximum Gasteiger partial charge on any atom is 0.271 e. The second kappa shape index (κ2) is 9.42. The molecule has 0 aliphatic heterocycles. The normalized spacial score (nSPS) is 12.7. The van der Waals surface area contributed by atoms with E-state index in [2.05, 4.69) is 21.5 Å². The van der Waals surface area contributed by atoms with Gasteiger partial charge in [0.2, 0.25) is 0 Å². The molecule has 1 saturated carbocycles. The smallest absolute Gasteiger partial charge is 0.271 e. The van der Waals surface area contributed by atoms with Crippen LogP contribution in [0, 0.1) is 17.1 Å². The van der Waals surface area contributed by atoms with Crippen molar-refractivity contribution in [1.82, 2.24) is 23.9 Å². The third-order valence-electron chi connectivity index (χ3n) is 5.08. The lowest BCUT2D eigenvalue weighted by molar-refractivity contribution is 0.0945. The largest absolute Gasteiger partial charge is 0.348 e. The van der Waals surface area contributed by atoms with Gasteiger partial charge in [0.25, 0.3) is 5.91 Å². The number of hydrogen-bond donors (Lipinski definition) is 1. The van der Waals surface area contributed by atoms with E-state index < -0.39 is 11.7 Å². The van der Waals surface area contributed by atoms with Crippen molar-refractivity contribution in [3.05, 3.63) is 66.0 Å². The number of carbonyl (C=O) groups excluding carboxylic acids is 1. The monoisotopic (exact) mass is 466 g/mol. The molecular formula is C23H20F2N6OS. The van der Waals surface area contributed by atoms with Crippen molar-refractivity contribution in [3.8, 4) is 28.5 Å². The fraction of sp³-hybridized carbons (Fsp3) is 0.217. The van der Waals surface area contributed by atoms with Gasteiger partial charge in [-0.2, -0.15) is 14.4 Å². The van der Waals surface area contributed by atoms with E-state index in [4.69, 9.17) is 0 Å². The Morgan fingerprint density at radius 2 is 1.88 bits per heavy atom. The number of hydrogen-bond acceptors (Lipinski definition) is 5. The number of benzene rings is 1. The third-order valence-corrected chi connectivity index (χ3v) is 5.47. The van der Waals surface area contributed by atoms with Gasteiger partial charge in [-0.3, -0.25) is 9.20 Å². The lowest BCUT2D eigenvalue weighted by atomic mass is 9.99. The Hall–Kier alpha value is -3.71. The van der Waals surface area contributed by atoms with Gasteiger partial charge in [-0.15, -0.1) is 3.89 Å². The molecule has 0 unspecified atom stereocenters. The van der Waals surface area contributed by atoms with Crippen molar-refractivity contribution in [3.63, 3.8) is 0 Å². The maximum absolute atomic E-state index is 13.8. The van der Waals surface area contributed by atoms with Gasteiger partial charge in [0.15, 0.2) is 12.3 Å². The molecule has 1 aliphatic carbocycles. The molecule has 33 heavy (non-hydrogen) atoms. The lowest BCUT2D eigenvalue weighted by Crippen LogP contribution is -2.27. The number of fused-ring (bicyclic) bond motifs is 1. The lowest BCUT2D eigenvalue weighted by Gasteiger charge is -2.09. The first-order valence-electron chi connectivity index (χ1n) is 10.5. The van der Waals surface area contributed by atoms with Crippen LogP contribution in [0.1, 0.15) is 42.9 Å². The second-order valence-electron chi connectivity index (χ2n) is 7.17. The number of aromatic nitrogens is 4. The summed E-state index contributed by atoms with van der Waals surface area (Å²) in [5, 5.41) is 16.5. The van der Waals surface area contributed by atoms with E-state index in [1.54, 1.807) is 22.7 Å². The fourth-order valence-corrected chi connectivity index (χ4v) is 3.78. The standard InChI is InChI=1S/C21H14F2N6OS.C2H6/c22-14-4-1-12(2-5-14)19-18(13-3-8-17-25-10-16(9-24)28(17)11-13)20(29(27-19)31-23)21(30)26-15-6-7-15;1-2/h1-5,8,10-11,15H,6-7H2,(H,26,30);1-2H3. The van der Waals surface area contributed by atoms with E-state index in [9.17, 15) is 18.3 Å². The zero-order valence-corrected chi connectivity index (χ0v) is 18.7. The molecule has 1 amide bonds. The van der Waals surface area contributed by atoms with Crippen LogP contribution in [0.2, 0.25) is 0 Å². The van der Waals surface area contributed by atoms with Gasteiger partial charge in [-0.1, -0.05) is 13.8 Å². The Balaban J connectivity index is 0.00000126. The van der Waals surface area contributed by atoms with Crippen LogP contribution in [-0.2, 0) is 0 Å². The fourth-order valence-electron chi connectivity index (χ4n) is 3.42. The first kappa shape index (κ1) is 22.5. The summed E-state index contributed by atoms with van der Waals surface area (Å²) in [6, 6.07) is 11.1. The minimum Gasteiger partial charge on any atom is -0.348 e. The van der Waals surface area contributed by atoms with E-state index >= 15 is 0 Å². The molecule has 3 heterocycles. The van der Waals surface area contributed by atoms with E-state index in [0.29, 0.717) is 33.7 Å². The van der Waals surface area contributed by atoms with Crippen molar-refractivity contribution in [2.45, 2.75) is 32.7 Å². The van der Waals surface area contributed by atoms with Crippen LogP contribution in [-0.4, -0.2) is 30.5 Å². The number of imidazole rings is 1. The number of nitrogens with zero attached hydrogens (tertiary/aromatic N) is 5. The average Bonchev–Trinajstić information content (AvgIpc) is 3.43. The Morgan fingerprint density at radius 1 is 1.18 bits per heavy atom. The predicted octanol–water partition coefficient (Wildman–Crippen LogP) is 5.17. The molecule has 3 aromatic heterocycles. The summed E-state index contributed by atoms with van der Waals surface area (Å²) in [6.07, 6.45) is 4.85. The van der Waals surface area contributed by atoms with Gasteiger partial charge in [0.1, 0.15) is 34.6 Å². The van der Waals surface area contributed by atoms with Crippen LogP contribution in [0.5, 0.6) is 0 Å². The number of halogens is 2. The highest BCUT2D eigenvalue weighted by Gasteiger charge is 2.31. The van der Waals surface area contributed by atoms with E-state index in [0.717, 1.165) is 16.9 Å². The molecule has 1 N–H and O–H groups in total. The first-order valence-corrected chi connectivity index (χ1v) is 11.1. The number of pyridine rings is 1. The molecule has 4 aromatic rings. The summed E-state index contributed by atoms with van der Waals surface area (Å²) in [5.41, 5.74) is 2.69. The number of amides is 1. The number of nitriles is 1. The highest BCUT2D eigenvalue weighted by molar-refractivity contribution is 7.92. The summed E-state index contributed by atoms with van der Waals surface area (Å²) in [4.78, 5) is 17.2. The summed E-state index contributed by atoms with van der Waals surface area (Å²) < 4.78 is 29.8. The molecule has 0 saturated heterocycles. The minimum absolute atomic E-state index is 0.0386. The zero-order valence-electron chi connectivity index (χ0n) is 17.9. The summed E-state index contributed by atoms with van der Waals surface area (Å²) in [6.45, 7) is 4.00. The SMILES string of the molecule is CC.N#Cc1cnc2ccc(-c3c(-c4ccc(F)cc4)nn(SF)c3C(=O)NC3CC3)cn12. The number of carbonyl (C=O) groups is 1. The molecule has 0 atom stereocenters. The molecule has 10 heteroatoms. The zero-order chi connectivity index (χ0) is 23.5. The van der Waals surface area contributed by atoms with Crippen molar-refractivity contribution < 1.29 is 13.1 Å². The predicted molar refractivity (Wildman–Crippen MR) is 122 cm³/mol. The molecule has 168 valence electrons. The molecule has 0 radical (unpaired) electrons. The molecule has 0 spiro atoms. The summed E-state index contributed by atoms with van der Waals surface area (Å²) in [5.74, 6) is -0.871. The molecule has 5 rings (SSSR count). The van der Waals surface area contributed by atoms with Crippen LogP contribution in [0.15, 0.2) is 48.8 Å². The molecule has 1 aromatic carbocycles. The van der Waals surface area contributed by atoms with Gasteiger partial charge in [0, 0.05) is 28.9 Å². The molecule has 0 bridgehead atoms. The van der Waals surface area contributed by atoms with Gasteiger partial charge < -0.3 is 5.32 Å². The maximum atomic E-state index is 13.8. The van der Waals surface area contributed by atoms with Gasteiger partial charge in [-0.05, 0) is 49.2 Å². The Kier molecular flexibility index (Phi) is 6.42. The Bertz CT molecular complexity index is 1350. The van der Waals surface area contributed by atoms with Crippen LogP contribution < -0.4 is 5.32 Å². The topological polar surface area (TPSA) is 88.0 Å². The average molecular weight is 467 g/mol. The summed E-state index contributed by atoms with van der Waals surface area (Å²) in [7, 11) is 0. The molecule has 7 nitrogen and oxygen atoms in total. The van der Waals surface area contributed by atoms with Crippen LogP contribution in [0.25, 0.3) is 28.0 Å². The van der Waals surface area contributed by atoms with Crippen molar-refractivity contribution in [2.75, 3.05) is 0 Å².